The van der Waals surface area contributed by atoms with Gasteiger partial charge in [0, 0.05) is 74.7 Å². The number of hydrogen-bond donors (Lipinski definition) is 2. The number of benzene rings is 2. The van der Waals surface area contributed by atoms with Crippen molar-refractivity contribution < 1.29 is 14.0 Å². The van der Waals surface area contributed by atoms with Crippen molar-refractivity contribution in [3.63, 3.8) is 0 Å². The Labute approximate surface area is 279 Å². The van der Waals surface area contributed by atoms with Gasteiger partial charge in [0.05, 0.1) is 31.8 Å². The molecule has 0 amide bonds. The Morgan fingerprint density at radius 3 is 2.17 bits per heavy atom. The molecule has 12 heteroatoms. The van der Waals surface area contributed by atoms with Gasteiger partial charge in [0.25, 0.3) is 0 Å². The maximum Gasteiger partial charge on any atom is 0.229 e. The number of piperazine rings is 1. The van der Waals surface area contributed by atoms with Crippen molar-refractivity contribution in [2.75, 3.05) is 88.4 Å². The van der Waals surface area contributed by atoms with E-state index in [1.165, 1.54) is 25.9 Å². The SMILES string of the molecule is CCCP(=O)(CCC)c1ccc(Nc2nc(Nc3ccc(N4CCC(N5CCN(C)CC5)CC4)cc3OC)ncc2Cl)c(OC)c1. The number of nitrogens with one attached hydrogen (secondary N) is 2. The molecule has 0 radical (unpaired) electrons. The second-order valence-electron chi connectivity index (χ2n) is 12.3. The molecule has 0 atom stereocenters. The Hall–Kier alpha value is -3.04. The first-order valence-corrected chi connectivity index (χ1v) is 18.9. The van der Waals surface area contributed by atoms with Crippen molar-refractivity contribution in [2.24, 2.45) is 0 Å². The van der Waals surface area contributed by atoms with E-state index >= 15 is 0 Å². The summed E-state index contributed by atoms with van der Waals surface area (Å²) in [5.74, 6) is 2.10. The highest BCUT2D eigenvalue weighted by Crippen LogP contribution is 2.47. The van der Waals surface area contributed by atoms with E-state index < -0.39 is 7.14 Å². The maximum atomic E-state index is 13.7. The number of nitrogens with zero attached hydrogens (tertiary/aromatic N) is 5. The first-order chi connectivity index (χ1) is 22.3. The monoisotopic (exact) mass is 669 g/mol. The fourth-order valence-electron chi connectivity index (χ4n) is 6.55. The minimum absolute atomic E-state index is 0.363. The van der Waals surface area contributed by atoms with Gasteiger partial charge in [0.2, 0.25) is 5.95 Å². The van der Waals surface area contributed by atoms with Gasteiger partial charge in [-0.3, -0.25) is 4.90 Å². The molecule has 46 heavy (non-hydrogen) atoms. The average molecular weight is 670 g/mol. The van der Waals surface area contributed by atoms with Crippen molar-refractivity contribution in [3.05, 3.63) is 47.6 Å². The molecule has 2 aliphatic rings. The van der Waals surface area contributed by atoms with Crippen LogP contribution in [0.3, 0.4) is 0 Å². The molecule has 2 aliphatic heterocycles. The van der Waals surface area contributed by atoms with Gasteiger partial charge < -0.3 is 34.5 Å². The lowest BCUT2D eigenvalue weighted by molar-refractivity contribution is 0.0982. The van der Waals surface area contributed by atoms with Crippen LogP contribution in [0.2, 0.25) is 5.02 Å². The Kier molecular flexibility index (Phi) is 11.7. The van der Waals surface area contributed by atoms with Crippen LogP contribution in [-0.4, -0.2) is 98.7 Å². The molecule has 2 aromatic carbocycles. The topological polar surface area (TPSA) is 95.1 Å². The molecule has 1 aromatic heterocycles. The Morgan fingerprint density at radius 1 is 0.891 bits per heavy atom. The molecule has 0 saturated carbocycles. The number of rotatable bonds is 13. The summed E-state index contributed by atoms with van der Waals surface area (Å²) in [6.07, 6.45) is 7.01. The largest absolute Gasteiger partial charge is 0.495 e. The highest BCUT2D eigenvalue weighted by Gasteiger charge is 2.27. The number of methoxy groups -OCH3 is 2. The van der Waals surface area contributed by atoms with Gasteiger partial charge in [0.1, 0.15) is 23.7 Å². The van der Waals surface area contributed by atoms with Crippen LogP contribution in [0, 0.1) is 0 Å². The lowest BCUT2D eigenvalue weighted by Gasteiger charge is -2.42. The molecule has 250 valence electrons. The van der Waals surface area contributed by atoms with Gasteiger partial charge in [-0.25, -0.2) is 4.98 Å². The molecule has 3 heterocycles. The van der Waals surface area contributed by atoms with E-state index in [1.807, 2.05) is 24.3 Å². The van der Waals surface area contributed by atoms with Crippen molar-refractivity contribution in [2.45, 2.75) is 45.6 Å². The standard InChI is InChI=1S/C34H49ClN7O3P/c1-6-20-46(43,21-7-2)27-9-11-29(32(23-27)45-5)37-33-28(35)24-36-34(39-33)38-30-10-8-26(22-31(30)44-4)41-14-12-25(13-15-41)42-18-16-40(3)17-19-42/h8-11,22-25H,6-7,12-21H2,1-5H3,(H2,36,37,38,39). The summed E-state index contributed by atoms with van der Waals surface area (Å²) in [5.41, 5.74) is 2.59. The Balaban J connectivity index is 1.27. The summed E-state index contributed by atoms with van der Waals surface area (Å²) in [7, 11) is 3.00. The summed E-state index contributed by atoms with van der Waals surface area (Å²) in [5, 5.41) is 7.79. The molecule has 2 fully saturated rings. The predicted octanol–water partition coefficient (Wildman–Crippen LogP) is 6.66. The Bertz CT molecular complexity index is 1500. The van der Waals surface area contributed by atoms with Crippen LogP contribution in [0.15, 0.2) is 42.6 Å². The zero-order valence-corrected chi connectivity index (χ0v) is 29.5. The summed E-state index contributed by atoms with van der Waals surface area (Å²) in [6.45, 7) is 10.8. The molecule has 0 aliphatic carbocycles. The quantitative estimate of drug-likeness (QED) is 0.193. The van der Waals surface area contributed by atoms with Gasteiger partial charge in [-0.1, -0.05) is 25.4 Å². The van der Waals surface area contributed by atoms with Gasteiger partial charge >= 0.3 is 0 Å². The minimum atomic E-state index is -2.49. The van der Waals surface area contributed by atoms with Crippen LogP contribution in [0.1, 0.15) is 39.5 Å². The molecule has 2 saturated heterocycles. The molecule has 0 unspecified atom stereocenters. The van der Waals surface area contributed by atoms with Crippen molar-refractivity contribution in [3.8, 4) is 11.5 Å². The number of ether oxygens (including phenoxy) is 2. The molecular weight excluding hydrogens is 621 g/mol. The third-order valence-corrected chi connectivity index (χ3v) is 13.0. The zero-order chi connectivity index (χ0) is 32.7. The summed E-state index contributed by atoms with van der Waals surface area (Å²) in [4.78, 5) is 16.6. The van der Waals surface area contributed by atoms with Gasteiger partial charge in [-0.05, 0) is 63.1 Å². The molecule has 2 N–H and O–H groups in total. The van der Waals surface area contributed by atoms with Crippen LogP contribution in [0.4, 0.5) is 28.8 Å². The second kappa shape index (κ2) is 15.7. The molecular formula is C34H49ClN7O3P. The lowest BCUT2D eigenvalue weighted by atomic mass is 10.0. The van der Waals surface area contributed by atoms with Crippen LogP contribution < -0.4 is 30.3 Å². The van der Waals surface area contributed by atoms with Gasteiger partial charge in [0.15, 0.2) is 5.82 Å². The number of aromatic nitrogens is 2. The molecule has 0 bridgehead atoms. The first kappa shape index (κ1) is 34.3. The maximum absolute atomic E-state index is 13.7. The molecule has 3 aromatic rings. The zero-order valence-electron chi connectivity index (χ0n) is 27.9. The average Bonchev–Trinajstić information content (AvgIpc) is 3.07. The number of hydrogen-bond acceptors (Lipinski definition) is 10. The van der Waals surface area contributed by atoms with Crippen molar-refractivity contribution >= 4 is 52.9 Å². The van der Waals surface area contributed by atoms with E-state index in [0.29, 0.717) is 52.3 Å². The summed E-state index contributed by atoms with van der Waals surface area (Å²) >= 11 is 6.53. The number of piperidine rings is 1. The minimum Gasteiger partial charge on any atom is -0.495 e. The van der Waals surface area contributed by atoms with E-state index in [2.05, 4.69) is 68.3 Å². The highest BCUT2D eigenvalue weighted by atomic mass is 35.5. The number of anilines is 5. The van der Waals surface area contributed by atoms with Gasteiger partial charge in [-0.15, -0.1) is 0 Å². The van der Waals surface area contributed by atoms with Crippen molar-refractivity contribution in [1.29, 1.82) is 0 Å². The third kappa shape index (κ3) is 8.08. The van der Waals surface area contributed by atoms with E-state index in [1.54, 1.807) is 20.4 Å². The number of likely N-dealkylation sites (N-methyl/N-ethyl adjacent to an activating group) is 1. The number of halogens is 1. The lowest BCUT2D eigenvalue weighted by Crippen LogP contribution is -2.52. The van der Waals surface area contributed by atoms with E-state index in [9.17, 15) is 4.57 Å². The summed E-state index contributed by atoms with van der Waals surface area (Å²) < 4.78 is 25.2. The predicted molar refractivity (Wildman–Crippen MR) is 191 cm³/mol. The fourth-order valence-corrected chi connectivity index (χ4v) is 9.57. The van der Waals surface area contributed by atoms with E-state index in [0.717, 1.165) is 55.7 Å². The first-order valence-electron chi connectivity index (χ1n) is 16.5. The van der Waals surface area contributed by atoms with Gasteiger partial charge in [-0.2, -0.15) is 4.98 Å². The van der Waals surface area contributed by atoms with Crippen LogP contribution in [-0.2, 0) is 4.57 Å². The smallest absolute Gasteiger partial charge is 0.229 e. The van der Waals surface area contributed by atoms with E-state index in [-0.39, 0.29) is 0 Å². The Morgan fingerprint density at radius 2 is 1.52 bits per heavy atom. The van der Waals surface area contributed by atoms with Crippen LogP contribution >= 0.6 is 18.7 Å². The molecule has 10 nitrogen and oxygen atoms in total. The van der Waals surface area contributed by atoms with E-state index in [4.69, 9.17) is 21.1 Å². The van der Waals surface area contributed by atoms with Crippen LogP contribution in [0.5, 0.6) is 11.5 Å². The fraction of sp³-hybridized carbons (Fsp3) is 0.529. The molecule has 0 spiro atoms. The summed E-state index contributed by atoms with van der Waals surface area (Å²) in [6, 6.07) is 12.6. The second-order valence-corrected chi connectivity index (χ2v) is 15.9. The third-order valence-electron chi connectivity index (χ3n) is 9.14. The van der Waals surface area contributed by atoms with Crippen molar-refractivity contribution in [1.82, 2.24) is 19.8 Å². The highest BCUT2D eigenvalue weighted by molar-refractivity contribution is 7.71. The van der Waals surface area contributed by atoms with Crippen LogP contribution in [0.25, 0.3) is 0 Å². The molecule has 5 rings (SSSR count). The normalized spacial score (nSPS) is 16.8.